The molecule has 284 valence electrons. The number of rotatable bonds is 37. The molecule has 2 N–H and O–H groups in total. The summed E-state index contributed by atoms with van der Waals surface area (Å²) in [6, 6.07) is 0. The lowest BCUT2D eigenvalue weighted by atomic mass is 10.0. The average Bonchev–Trinajstić information content (AvgIpc) is 3.08. The van der Waals surface area contributed by atoms with Crippen molar-refractivity contribution >= 4 is 17.8 Å². The van der Waals surface area contributed by atoms with Crippen molar-refractivity contribution in [1.29, 1.82) is 0 Å². The van der Waals surface area contributed by atoms with Gasteiger partial charge in [0, 0.05) is 12.8 Å². The van der Waals surface area contributed by atoms with Crippen LogP contribution in [0.5, 0.6) is 0 Å². The predicted molar refractivity (Wildman–Crippen MR) is 208 cm³/mol. The highest BCUT2D eigenvalue weighted by molar-refractivity contribution is 5.80. The van der Waals surface area contributed by atoms with Crippen LogP contribution in [-0.2, 0) is 19.1 Å². The van der Waals surface area contributed by atoms with Gasteiger partial charge >= 0.3 is 11.9 Å². The van der Waals surface area contributed by atoms with Gasteiger partial charge in [-0.05, 0) is 76.7 Å². The molecule has 0 aliphatic carbocycles. The van der Waals surface area contributed by atoms with Gasteiger partial charge < -0.3 is 15.2 Å². The molecule has 0 saturated carbocycles. The van der Waals surface area contributed by atoms with Crippen molar-refractivity contribution in [1.82, 2.24) is 5.32 Å². The lowest BCUT2D eigenvalue weighted by Crippen LogP contribution is -2.28. The summed E-state index contributed by atoms with van der Waals surface area (Å²) in [5.41, 5.74) is 0. The van der Waals surface area contributed by atoms with Gasteiger partial charge in [0.25, 0.3) is 0 Å². The van der Waals surface area contributed by atoms with E-state index in [9.17, 15) is 14.4 Å². The molecule has 0 heterocycles. The number of aliphatic carboxylic acids is 1. The number of hydrogen-bond donors (Lipinski definition) is 2. The SMILES string of the molecule is CCCCC/C=C\C/C=C\CCCCCCCCCC(=O)OC(/C=C\CCCCCCCCC)CCCCCCCCC(=O)NCC(=O)O. The molecule has 0 fully saturated rings. The van der Waals surface area contributed by atoms with Gasteiger partial charge in [-0.2, -0.15) is 0 Å². The van der Waals surface area contributed by atoms with Crippen LogP contribution in [0.4, 0.5) is 0 Å². The van der Waals surface area contributed by atoms with Crippen LogP contribution in [0, 0.1) is 0 Å². The van der Waals surface area contributed by atoms with Gasteiger partial charge in [-0.3, -0.25) is 14.4 Å². The average molecular weight is 688 g/mol. The second kappa shape index (κ2) is 38.4. The minimum absolute atomic E-state index is 0.0608. The maximum Gasteiger partial charge on any atom is 0.322 e. The van der Waals surface area contributed by atoms with Gasteiger partial charge in [0.05, 0.1) is 0 Å². The van der Waals surface area contributed by atoms with Gasteiger partial charge in [0.1, 0.15) is 12.6 Å². The maximum atomic E-state index is 12.7. The molecular formula is C43H77NO5. The second-order valence-electron chi connectivity index (χ2n) is 13.9. The summed E-state index contributed by atoms with van der Waals surface area (Å²) in [4.78, 5) is 34.9. The molecule has 0 radical (unpaired) electrons. The van der Waals surface area contributed by atoms with Gasteiger partial charge in [-0.25, -0.2) is 0 Å². The molecule has 0 saturated heterocycles. The lowest BCUT2D eigenvalue weighted by Gasteiger charge is -2.15. The highest BCUT2D eigenvalue weighted by Crippen LogP contribution is 2.16. The normalized spacial score (nSPS) is 12.4. The van der Waals surface area contributed by atoms with E-state index in [2.05, 4.69) is 55.6 Å². The smallest absolute Gasteiger partial charge is 0.322 e. The van der Waals surface area contributed by atoms with E-state index in [1.807, 2.05) is 0 Å². The van der Waals surface area contributed by atoms with Crippen LogP contribution >= 0.6 is 0 Å². The Labute approximate surface area is 302 Å². The number of amides is 1. The Bertz CT molecular complexity index is 849. The fourth-order valence-electron chi connectivity index (χ4n) is 5.92. The van der Waals surface area contributed by atoms with Crippen LogP contribution in [0.2, 0.25) is 0 Å². The number of carboxylic acids is 1. The first-order valence-corrected chi connectivity index (χ1v) is 20.6. The molecule has 0 rings (SSSR count). The fourth-order valence-corrected chi connectivity index (χ4v) is 5.92. The molecule has 0 spiro atoms. The molecule has 6 heteroatoms. The van der Waals surface area contributed by atoms with E-state index in [1.165, 1.54) is 109 Å². The Morgan fingerprint density at radius 3 is 1.57 bits per heavy atom. The van der Waals surface area contributed by atoms with Crippen LogP contribution in [-0.4, -0.2) is 35.6 Å². The number of carbonyl (C=O) groups is 3. The van der Waals surface area contributed by atoms with Gasteiger partial charge in [0.15, 0.2) is 0 Å². The molecule has 0 aliphatic heterocycles. The first kappa shape index (κ1) is 46.6. The van der Waals surface area contributed by atoms with E-state index in [0.717, 1.165) is 70.6 Å². The fraction of sp³-hybridized carbons (Fsp3) is 0.791. The van der Waals surface area contributed by atoms with Crippen LogP contribution in [0.25, 0.3) is 0 Å². The summed E-state index contributed by atoms with van der Waals surface area (Å²) in [7, 11) is 0. The van der Waals surface area contributed by atoms with Gasteiger partial charge in [0.2, 0.25) is 5.91 Å². The molecule has 0 aromatic carbocycles. The number of hydrogen-bond acceptors (Lipinski definition) is 4. The Morgan fingerprint density at radius 1 is 0.551 bits per heavy atom. The Kier molecular flexibility index (Phi) is 36.6. The van der Waals surface area contributed by atoms with Gasteiger partial charge in [-0.15, -0.1) is 0 Å². The zero-order valence-corrected chi connectivity index (χ0v) is 32.0. The largest absolute Gasteiger partial charge is 0.480 e. The van der Waals surface area contributed by atoms with Crippen molar-refractivity contribution in [2.75, 3.05) is 6.54 Å². The molecular weight excluding hydrogens is 610 g/mol. The zero-order chi connectivity index (χ0) is 35.9. The molecule has 0 aromatic heterocycles. The first-order valence-electron chi connectivity index (χ1n) is 20.6. The van der Waals surface area contributed by atoms with Crippen molar-refractivity contribution in [3.05, 3.63) is 36.5 Å². The summed E-state index contributed by atoms with van der Waals surface area (Å²) in [6.07, 6.45) is 47.1. The van der Waals surface area contributed by atoms with Crippen LogP contribution in [0.15, 0.2) is 36.5 Å². The van der Waals surface area contributed by atoms with Crippen molar-refractivity contribution in [2.24, 2.45) is 0 Å². The van der Waals surface area contributed by atoms with E-state index in [1.54, 1.807) is 0 Å². The van der Waals surface area contributed by atoms with Crippen molar-refractivity contribution < 1.29 is 24.2 Å². The number of nitrogens with one attached hydrogen (secondary N) is 1. The number of carbonyl (C=O) groups excluding carboxylic acids is 2. The minimum atomic E-state index is -1.02. The lowest BCUT2D eigenvalue weighted by molar-refractivity contribution is -0.147. The maximum absolute atomic E-state index is 12.7. The standard InChI is InChI=1S/C43H77NO5/c1-3-5-7-9-11-13-14-15-16-17-18-19-20-22-24-30-34-38-43(48)49-40(35-31-27-23-21-12-10-8-6-4-2)36-32-28-25-26-29-33-37-41(45)44-39-42(46)47/h11,13,15-16,31,35,40H,3-10,12,14,17-30,32-34,36-39H2,1-2H3,(H,44,45)(H,46,47)/b13-11-,16-15-,35-31-. The summed E-state index contributed by atoms with van der Waals surface area (Å²) in [6.45, 7) is 4.19. The minimum Gasteiger partial charge on any atom is -0.480 e. The topological polar surface area (TPSA) is 92.7 Å². The van der Waals surface area contributed by atoms with E-state index in [-0.39, 0.29) is 24.5 Å². The van der Waals surface area contributed by atoms with Crippen molar-refractivity contribution in [2.45, 2.75) is 213 Å². The number of carboxylic acid groups (broad SMARTS) is 1. The molecule has 1 atom stereocenters. The Hall–Kier alpha value is -2.37. The van der Waals surface area contributed by atoms with Crippen molar-refractivity contribution in [3.63, 3.8) is 0 Å². The van der Waals surface area contributed by atoms with E-state index < -0.39 is 5.97 Å². The molecule has 6 nitrogen and oxygen atoms in total. The van der Waals surface area contributed by atoms with Crippen molar-refractivity contribution in [3.8, 4) is 0 Å². The second-order valence-corrected chi connectivity index (χ2v) is 13.9. The Balaban J connectivity index is 4.15. The molecule has 1 amide bonds. The highest BCUT2D eigenvalue weighted by atomic mass is 16.5. The third kappa shape index (κ3) is 38.3. The number of esters is 1. The first-order chi connectivity index (χ1) is 24.0. The predicted octanol–water partition coefficient (Wildman–Crippen LogP) is 12.5. The van der Waals surface area contributed by atoms with E-state index in [4.69, 9.17) is 9.84 Å². The zero-order valence-electron chi connectivity index (χ0n) is 32.0. The molecule has 0 aliphatic rings. The summed E-state index contributed by atoms with van der Waals surface area (Å²) in [5, 5.41) is 11.0. The number of ether oxygens (including phenoxy) is 1. The summed E-state index contributed by atoms with van der Waals surface area (Å²) in [5.74, 6) is -1.27. The molecule has 1 unspecified atom stereocenters. The molecule has 0 bridgehead atoms. The molecule has 49 heavy (non-hydrogen) atoms. The third-order valence-corrected chi connectivity index (χ3v) is 9.02. The number of unbranched alkanes of at least 4 members (excludes halogenated alkanes) is 22. The third-order valence-electron chi connectivity index (χ3n) is 9.02. The number of allylic oxidation sites excluding steroid dienone is 5. The highest BCUT2D eigenvalue weighted by Gasteiger charge is 2.11. The van der Waals surface area contributed by atoms with E-state index in [0.29, 0.717) is 12.8 Å². The summed E-state index contributed by atoms with van der Waals surface area (Å²) < 4.78 is 5.94. The van der Waals surface area contributed by atoms with Crippen LogP contribution in [0.1, 0.15) is 206 Å². The quantitative estimate of drug-likeness (QED) is 0.0385. The summed E-state index contributed by atoms with van der Waals surface area (Å²) >= 11 is 0. The van der Waals surface area contributed by atoms with Crippen LogP contribution < -0.4 is 5.32 Å². The molecule has 0 aromatic rings. The van der Waals surface area contributed by atoms with Crippen LogP contribution in [0.3, 0.4) is 0 Å². The van der Waals surface area contributed by atoms with E-state index >= 15 is 0 Å². The monoisotopic (exact) mass is 688 g/mol. The Morgan fingerprint density at radius 2 is 1.00 bits per heavy atom. The van der Waals surface area contributed by atoms with Gasteiger partial charge in [-0.1, -0.05) is 153 Å².